The third-order valence-electron chi connectivity index (χ3n) is 3.59. The van der Waals surface area contributed by atoms with Crippen LogP contribution in [0.4, 0.5) is 15.8 Å². The molecule has 0 amide bonds. The lowest BCUT2D eigenvalue weighted by molar-refractivity contribution is 0.0698. The second-order valence-corrected chi connectivity index (χ2v) is 5.21. The van der Waals surface area contributed by atoms with Gasteiger partial charge in [0.2, 0.25) is 0 Å². The Balaban J connectivity index is 2.05. The Morgan fingerprint density at radius 2 is 1.67 bits per heavy atom. The molecule has 0 atom stereocenters. The first-order valence-corrected chi connectivity index (χ1v) is 7.23. The molecule has 3 rings (SSSR count). The molecule has 120 valence electrons. The Morgan fingerprint density at radius 3 is 2.33 bits per heavy atom. The molecule has 0 aliphatic heterocycles. The van der Waals surface area contributed by atoms with Crippen molar-refractivity contribution in [2.45, 2.75) is 0 Å². The van der Waals surface area contributed by atoms with Crippen molar-refractivity contribution >= 4 is 17.3 Å². The highest BCUT2D eigenvalue weighted by atomic mass is 19.1. The lowest BCUT2D eigenvalue weighted by atomic mass is 10.0. The van der Waals surface area contributed by atoms with E-state index in [9.17, 15) is 19.4 Å². The van der Waals surface area contributed by atoms with E-state index in [1.807, 2.05) is 0 Å². The molecule has 0 bridgehead atoms. The molecular formula is C19H14FNO3. The number of carbonyl (C=O) groups is 1. The lowest BCUT2D eigenvalue weighted by Gasteiger charge is -2.12. The number of hydrogen-bond donors (Lipinski definition) is 3. The van der Waals surface area contributed by atoms with E-state index in [4.69, 9.17) is 0 Å². The van der Waals surface area contributed by atoms with Gasteiger partial charge in [-0.25, -0.2) is 9.18 Å². The van der Waals surface area contributed by atoms with E-state index in [1.165, 1.54) is 30.3 Å². The number of phenols is 1. The first kappa shape index (κ1) is 15.6. The third kappa shape index (κ3) is 3.20. The fraction of sp³-hybridized carbons (Fsp3) is 0. The third-order valence-corrected chi connectivity index (χ3v) is 3.59. The van der Waals surface area contributed by atoms with Gasteiger partial charge in [-0.3, -0.25) is 0 Å². The second kappa shape index (κ2) is 6.42. The summed E-state index contributed by atoms with van der Waals surface area (Å²) < 4.78 is 13.0. The minimum atomic E-state index is -1.08. The monoisotopic (exact) mass is 323 g/mol. The predicted octanol–water partition coefficient (Wildman–Crippen LogP) is 4.64. The molecule has 0 saturated heterocycles. The summed E-state index contributed by atoms with van der Waals surface area (Å²) in [5, 5.41) is 22.3. The molecule has 0 heterocycles. The summed E-state index contributed by atoms with van der Waals surface area (Å²) in [6, 6.07) is 17.2. The van der Waals surface area contributed by atoms with Crippen LogP contribution < -0.4 is 5.32 Å². The fourth-order valence-electron chi connectivity index (χ4n) is 2.41. The van der Waals surface area contributed by atoms with Crippen LogP contribution in [0.25, 0.3) is 11.1 Å². The molecule has 3 aromatic rings. The van der Waals surface area contributed by atoms with Gasteiger partial charge in [0.15, 0.2) is 0 Å². The number of aromatic hydroxyl groups is 1. The van der Waals surface area contributed by atoms with Gasteiger partial charge in [0.1, 0.15) is 11.6 Å². The van der Waals surface area contributed by atoms with Crippen LogP contribution in [0.2, 0.25) is 0 Å². The molecule has 0 fully saturated rings. The quantitative estimate of drug-likeness (QED) is 0.654. The van der Waals surface area contributed by atoms with Gasteiger partial charge in [-0.1, -0.05) is 24.3 Å². The summed E-state index contributed by atoms with van der Waals surface area (Å²) in [4.78, 5) is 11.4. The maximum absolute atomic E-state index is 13.0. The molecule has 0 aromatic heterocycles. The van der Waals surface area contributed by atoms with Crippen molar-refractivity contribution in [3.05, 3.63) is 78.1 Å². The summed E-state index contributed by atoms with van der Waals surface area (Å²) in [5.41, 5.74) is 2.26. The summed E-state index contributed by atoms with van der Waals surface area (Å²) in [6.07, 6.45) is 0. The number of carboxylic acids is 1. The molecule has 5 heteroatoms. The van der Waals surface area contributed by atoms with E-state index in [2.05, 4.69) is 5.32 Å². The molecule has 0 radical (unpaired) electrons. The number of halogens is 1. The molecule has 3 aromatic carbocycles. The number of rotatable bonds is 4. The van der Waals surface area contributed by atoms with E-state index in [0.29, 0.717) is 22.5 Å². The standard InChI is InChI=1S/C19H14FNO3/c20-13-6-8-14(9-7-13)21-17-11-12(5-10-16(17)19(23)24)15-3-1-2-4-18(15)22/h1-11,21-22H,(H,23,24). The molecule has 0 spiro atoms. The van der Waals surface area contributed by atoms with Crippen LogP contribution in [0.5, 0.6) is 5.75 Å². The highest BCUT2D eigenvalue weighted by molar-refractivity contribution is 5.96. The molecule has 0 aliphatic rings. The Kier molecular flexibility index (Phi) is 4.16. The maximum atomic E-state index is 13.0. The first-order chi connectivity index (χ1) is 11.5. The Labute approximate surface area is 137 Å². The van der Waals surface area contributed by atoms with Crippen molar-refractivity contribution in [1.29, 1.82) is 0 Å². The summed E-state index contributed by atoms with van der Waals surface area (Å²) >= 11 is 0. The van der Waals surface area contributed by atoms with Crippen molar-refractivity contribution in [2.24, 2.45) is 0 Å². The second-order valence-electron chi connectivity index (χ2n) is 5.21. The summed E-state index contributed by atoms with van der Waals surface area (Å²) in [7, 11) is 0. The topological polar surface area (TPSA) is 69.6 Å². The van der Waals surface area contributed by atoms with Gasteiger partial charge >= 0.3 is 5.97 Å². The lowest BCUT2D eigenvalue weighted by Crippen LogP contribution is -2.03. The molecule has 0 aliphatic carbocycles. The number of nitrogens with one attached hydrogen (secondary N) is 1. The van der Waals surface area contributed by atoms with Crippen molar-refractivity contribution in [2.75, 3.05) is 5.32 Å². The van der Waals surface area contributed by atoms with Crippen LogP contribution in [-0.2, 0) is 0 Å². The molecule has 3 N–H and O–H groups in total. The van der Waals surface area contributed by atoms with E-state index < -0.39 is 5.97 Å². The van der Waals surface area contributed by atoms with Gasteiger partial charge in [0.05, 0.1) is 11.3 Å². The number of aromatic carboxylic acids is 1. The highest BCUT2D eigenvalue weighted by Crippen LogP contribution is 2.32. The fourth-order valence-corrected chi connectivity index (χ4v) is 2.41. The normalized spacial score (nSPS) is 10.4. The number of hydrogen-bond acceptors (Lipinski definition) is 3. The molecule has 0 saturated carbocycles. The summed E-state index contributed by atoms with van der Waals surface area (Å²) in [6.45, 7) is 0. The van der Waals surface area contributed by atoms with E-state index in [1.54, 1.807) is 36.4 Å². The van der Waals surface area contributed by atoms with Crippen LogP contribution >= 0.6 is 0 Å². The van der Waals surface area contributed by atoms with Gasteiger partial charge in [-0.2, -0.15) is 0 Å². The van der Waals surface area contributed by atoms with E-state index >= 15 is 0 Å². The SMILES string of the molecule is O=C(O)c1ccc(-c2ccccc2O)cc1Nc1ccc(F)cc1. The number of benzene rings is 3. The van der Waals surface area contributed by atoms with Crippen LogP contribution in [0, 0.1) is 5.82 Å². The number of phenolic OH excluding ortho intramolecular Hbond substituents is 1. The highest BCUT2D eigenvalue weighted by Gasteiger charge is 2.13. The Bertz CT molecular complexity index is 891. The summed E-state index contributed by atoms with van der Waals surface area (Å²) in [5.74, 6) is -1.35. The maximum Gasteiger partial charge on any atom is 0.337 e. The minimum Gasteiger partial charge on any atom is -0.507 e. The van der Waals surface area contributed by atoms with Crippen LogP contribution in [0.3, 0.4) is 0 Å². The van der Waals surface area contributed by atoms with Crippen LogP contribution in [0.1, 0.15) is 10.4 Å². The Hall–Kier alpha value is -3.34. The average molecular weight is 323 g/mol. The van der Waals surface area contributed by atoms with Gasteiger partial charge in [-0.05, 0) is 48.0 Å². The zero-order valence-electron chi connectivity index (χ0n) is 12.5. The smallest absolute Gasteiger partial charge is 0.337 e. The first-order valence-electron chi connectivity index (χ1n) is 7.23. The largest absolute Gasteiger partial charge is 0.507 e. The van der Waals surface area contributed by atoms with Crippen molar-refractivity contribution < 1.29 is 19.4 Å². The zero-order valence-corrected chi connectivity index (χ0v) is 12.5. The van der Waals surface area contributed by atoms with Crippen molar-refractivity contribution in [3.8, 4) is 16.9 Å². The number of para-hydroxylation sites is 1. The molecular weight excluding hydrogens is 309 g/mol. The Morgan fingerprint density at radius 1 is 0.958 bits per heavy atom. The molecule has 0 unspecified atom stereocenters. The van der Waals surface area contributed by atoms with Gasteiger partial charge < -0.3 is 15.5 Å². The van der Waals surface area contributed by atoms with Gasteiger partial charge in [0.25, 0.3) is 0 Å². The van der Waals surface area contributed by atoms with Crippen molar-refractivity contribution in [1.82, 2.24) is 0 Å². The predicted molar refractivity (Wildman–Crippen MR) is 90.2 cm³/mol. The average Bonchev–Trinajstić information content (AvgIpc) is 2.57. The van der Waals surface area contributed by atoms with E-state index in [-0.39, 0.29) is 17.1 Å². The number of carboxylic acid groups (broad SMARTS) is 1. The van der Waals surface area contributed by atoms with Crippen molar-refractivity contribution in [3.63, 3.8) is 0 Å². The van der Waals surface area contributed by atoms with Crippen LogP contribution in [-0.4, -0.2) is 16.2 Å². The van der Waals surface area contributed by atoms with Crippen LogP contribution in [0.15, 0.2) is 66.7 Å². The zero-order chi connectivity index (χ0) is 17.1. The molecule has 4 nitrogen and oxygen atoms in total. The molecule has 24 heavy (non-hydrogen) atoms. The minimum absolute atomic E-state index is 0.0819. The van der Waals surface area contributed by atoms with Gasteiger partial charge in [-0.15, -0.1) is 0 Å². The number of anilines is 2. The van der Waals surface area contributed by atoms with E-state index in [0.717, 1.165) is 0 Å². The van der Waals surface area contributed by atoms with Gasteiger partial charge in [0, 0.05) is 11.3 Å².